The van der Waals surface area contributed by atoms with Gasteiger partial charge in [0.2, 0.25) is 0 Å². The third-order valence-electron chi connectivity index (χ3n) is 2.67. The van der Waals surface area contributed by atoms with Gasteiger partial charge >= 0.3 is 12.0 Å². The van der Waals surface area contributed by atoms with E-state index in [4.69, 9.17) is 9.84 Å². The van der Waals surface area contributed by atoms with Gasteiger partial charge in [0, 0.05) is 24.9 Å². The van der Waals surface area contributed by atoms with Gasteiger partial charge in [0.05, 0.1) is 6.61 Å². The molecule has 110 valence electrons. The summed E-state index contributed by atoms with van der Waals surface area (Å²) in [5, 5.41) is 11.6. The van der Waals surface area contributed by atoms with E-state index in [9.17, 15) is 9.59 Å². The first-order valence-corrected chi connectivity index (χ1v) is 6.43. The lowest BCUT2D eigenvalue weighted by atomic mass is 10.2. The zero-order valence-corrected chi connectivity index (χ0v) is 11.8. The number of benzene rings is 1. The molecule has 2 N–H and O–H groups in total. The van der Waals surface area contributed by atoms with Crippen molar-refractivity contribution in [2.75, 3.05) is 25.5 Å². The average molecular weight is 280 g/mol. The van der Waals surface area contributed by atoms with E-state index in [-0.39, 0.29) is 6.54 Å². The first-order valence-electron chi connectivity index (χ1n) is 6.43. The molecule has 1 aromatic rings. The topological polar surface area (TPSA) is 78.9 Å². The van der Waals surface area contributed by atoms with E-state index < -0.39 is 12.0 Å². The van der Waals surface area contributed by atoms with E-state index in [0.717, 1.165) is 5.56 Å². The van der Waals surface area contributed by atoms with Gasteiger partial charge in [-0.25, -0.2) is 4.79 Å². The molecule has 0 unspecified atom stereocenters. The highest BCUT2D eigenvalue weighted by molar-refractivity contribution is 5.92. The first-order chi connectivity index (χ1) is 9.58. The molecule has 1 rings (SSSR count). The molecule has 0 radical (unpaired) electrons. The molecular formula is C14H20N2O4. The Labute approximate surface area is 118 Å². The quantitative estimate of drug-likeness (QED) is 0.802. The highest BCUT2D eigenvalue weighted by Crippen LogP contribution is 2.16. The molecule has 0 aliphatic rings. The average Bonchev–Trinajstić information content (AvgIpc) is 2.40. The Morgan fingerprint density at radius 1 is 1.35 bits per heavy atom. The number of aliphatic carboxylic acids is 1. The number of hydrogen-bond acceptors (Lipinski definition) is 3. The summed E-state index contributed by atoms with van der Waals surface area (Å²) < 4.78 is 5.06. The van der Waals surface area contributed by atoms with Gasteiger partial charge in [-0.05, 0) is 12.5 Å². The molecule has 0 heterocycles. The van der Waals surface area contributed by atoms with Crippen molar-refractivity contribution in [3.05, 3.63) is 29.8 Å². The number of ether oxygens (including phenoxy) is 1. The van der Waals surface area contributed by atoms with Crippen LogP contribution in [0.25, 0.3) is 0 Å². The maximum Gasteiger partial charge on any atom is 0.323 e. The summed E-state index contributed by atoms with van der Waals surface area (Å²) in [5.74, 6) is -1.03. The second-order valence-electron chi connectivity index (χ2n) is 4.34. The first kappa shape index (κ1) is 16.0. The number of carbonyl (C=O) groups excluding carboxylic acids is 1. The maximum atomic E-state index is 12.1. The zero-order valence-electron chi connectivity index (χ0n) is 11.8. The number of amides is 2. The molecule has 0 fully saturated rings. The summed E-state index contributed by atoms with van der Waals surface area (Å²) in [6.45, 7) is 2.35. The number of para-hydroxylation sites is 1. The van der Waals surface area contributed by atoms with E-state index >= 15 is 0 Å². The van der Waals surface area contributed by atoms with Gasteiger partial charge in [-0.3, -0.25) is 4.79 Å². The highest BCUT2D eigenvalue weighted by atomic mass is 16.5. The number of carbonyl (C=O) groups is 2. The third kappa shape index (κ3) is 4.89. The number of methoxy groups -OCH3 is 1. The van der Waals surface area contributed by atoms with Crippen molar-refractivity contribution in [3.63, 3.8) is 0 Å². The van der Waals surface area contributed by atoms with Gasteiger partial charge in [0.15, 0.2) is 0 Å². The fourth-order valence-electron chi connectivity index (χ4n) is 1.80. The molecular weight excluding hydrogens is 260 g/mol. The lowest BCUT2D eigenvalue weighted by Crippen LogP contribution is -2.39. The van der Waals surface area contributed by atoms with Crippen molar-refractivity contribution in [1.82, 2.24) is 4.90 Å². The van der Waals surface area contributed by atoms with Gasteiger partial charge in [-0.1, -0.05) is 25.1 Å². The Morgan fingerprint density at radius 3 is 2.65 bits per heavy atom. The SMILES string of the molecule is CCCN(CC(=O)O)C(=O)Nc1ccccc1COC. The Hall–Kier alpha value is -2.08. The zero-order chi connectivity index (χ0) is 15.0. The van der Waals surface area contributed by atoms with Crippen LogP contribution in [-0.2, 0) is 16.1 Å². The van der Waals surface area contributed by atoms with Crippen LogP contribution >= 0.6 is 0 Å². The van der Waals surface area contributed by atoms with Crippen LogP contribution in [-0.4, -0.2) is 42.2 Å². The largest absolute Gasteiger partial charge is 0.480 e. The monoisotopic (exact) mass is 280 g/mol. The van der Waals surface area contributed by atoms with Crippen molar-refractivity contribution in [3.8, 4) is 0 Å². The normalized spacial score (nSPS) is 10.1. The number of nitrogens with one attached hydrogen (secondary N) is 1. The third-order valence-corrected chi connectivity index (χ3v) is 2.67. The van der Waals surface area contributed by atoms with Crippen molar-refractivity contribution in [1.29, 1.82) is 0 Å². The van der Waals surface area contributed by atoms with Gasteiger partial charge < -0.3 is 20.1 Å². The summed E-state index contributed by atoms with van der Waals surface area (Å²) in [4.78, 5) is 24.1. The lowest BCUT2D eigenvalue weighted by Gasteiger charge is -2.21. The number of anilines is 1. The summed E-state index contributed by atoms with van der Waals surface area (Å²) in [7, 11) is 1.58. The van der Waals surface area contributed by atoms with Crippen LogP contribution in [0, 0.1) is 0 Å². The summed E-state index contributed by atoms with van der Waals surface area (Å²) in [6.07, 6.45) is 0.695. The fourth-order valence-corrected chi connectivity index (χ4v) is 1.80. The molecule has 2 amide bonds. The number of urea groups is 1. The molecule has 1 aromatic carbocycles. The van der Waals surface area contributed by atoms with Crippen LogP contribution in [0.2, 0.25) is 0 Å². The number of carboxylic acids is 1. The smallest absolute Gasteiger partial charge is 0.323 e. The van der Waals surface area contributed by atoms with Crippen molar-refractivity contribution in [2.24, 2.45) is 0 Å². The molecule has 6 heteroatoms. The molecule has 0 saturated heterocycles. The van der Waals surface area contributed by atoms with E-state index in [2.05, 4.69) is 5.32 Å². The second kappa shape index (κ2) is 8.16. The van der Waals surface area contributed by atoms with E-state index in [1.807, 2.05) is 19.1 Å². The summed E-state index contributed by atoms with van der Waals surface area (Å²) in [5.41, 5.74) is 1.47. The van der Waals surface area contributed by atoms with Crippen LogP contribution < -0.4 is 5.32 Å². The molecule has 0 spiro atoms. The van der Waals surface area contributed by atoms with Crippen molar-refractivity contribution in [2.45, 2.75) is 20.0 Å². The molecule has 0 aromatic heterocycles. The molecule has 0 saturated carbocycles. The number of hydrogen-bond donors (Lipinski definition) is 2. The number of carboxylic acid groups (broad SMARTS) is 1. The van der Waals surface area contributed by atoms with Gasteiger partial charge in [-0.2, -0.15) is 0 Å². The summed E-state index contributed by atoms with van der Waals surface area (Å²) >= 11 is 0. The fraction of sp³-hybridized carbons (Fsp3) is 0.429. The van der Waals surface area contributed by atoms with Gasteiger partial charge in [0.25, 0.3) is 0 Å². The summed E-state index contributed by atoms with van der Waals surface area (Å²) in [6, 6.07) is 6.84. The van der Waals surface area contributed by atoms with Crippen LogP contribution in [0.1, 0.15) is 18.9 Å². The standard InChI is InChI=1S/C14H20N2O4/c1-3-8-16(9-13(17)18)14(19)15-12-7-5-4-6-11(12)10-20-2/h4-7H,3,8-10H2,1-2H3,(H,15,19)(H,17,18). The van der Waals surface area contributed by atoms with Crippen LogP contribution in [0.5, 0.6) is 0 Å². The van der Waals surface area contributed by atoms with Crippen LogP contribution in [0.4, 0.5) is 10.5 Å². The Balaban J connectivity index is 2.79. The molecule has 6 nitrogen and oxygen atoms in total. The molecule has 20 heavy (non-hydrogen) atoms. The lowest BCUT2D eigenvalue weighted by molar-refractivity contribution is -0.137. The van der Waals surface area contributed by atoms with Gasteiger partial charge in [0.1, 0.15) is 6.54 Å². The minimum atomic E-state index is -1.03. The Kier molecular flexibility index (Phi) is 6.52. The van der Waals surface area contributed by atoms with Crippen molar-refractivity contribution >= 4 is 17.7 Å². The number of nitrogens with zero attached hydrogens (tertiary/aromatic N) is 1. The maximum absolute atomic E-state index is 12.1. The minimum absolute atomic E-state index is 0.313. The van der Waals surface area contributed by atoms with E-state index in [1.54, 1.807) is 19.2 Å². The van der Waals surface area contributed by atoms with Crippen molar-refractivity contribution < 1.29 is 19.4 Å². The van der Waals surface area contributed by atoms with Crippen LogP contribution in [0.3, 0.4) is 0 Å². The predicted octanol–water partition coefficient (Wildman–Crippen LogP) is 2.16. The van der Waals surface area contributed by atoms with E-state index in [0.29, 0.717) is 25.3 Å². The predicted molar refractivity (Wildman–Crippen MR) is 75.7 cm³/mol. The Bertz CT molecular complexity index is 462. The van der Waals surface area contributed by atoms with Gasteiger partial charge in [-0.15, -0.1) is 0 Å². The number of rotatable bonds is 7. The van der Waals surface area contributed by atoms with E-state index in [1.165, 1.54) is 4.90 Å². The second-order valence-corrected chi connectivity index (χ2v) is 4.34. The molecule has 0 bridgehead atoms. The highest BCUT2D eigenvalue weighted by Gasteiger charge is 2.16. The van der Waals surface area contributed by atoms with Crippen LogP contribution in [0.15, 0.2) is 24.3 Å². The molecule has 0 aliphatic carbocycles. The molecule has 0 atom stereocenters. The Morgan fingerprint density at radius 2 is 2.05 bits per heavy atom. The molecule has 0 aliphatic heterocycles. The minimum Gasteiger partial charge on any atom is -0.480 e.